The van der Waals surface area contributed by atoms with Crippen LogP contribution in [0.25, 0.3) is 10.9 Å². The third-order valence-corrected chi connectivity index (χ3v) is 5.98. The van der Waals surface area contributed by atoms with E-state index in [0.29, 0.717) is 5.95 Å². The molecule has 1 aliphatic carbocycles. The van der Waals surface area contributed by atoms with Crippen molar-refractivity contribution in [1.29, 1.82) is 0 Å². The Kier molecular flexibility index (Phi) is 7.28. The molecule has 3 aromatic rings. The Labute approximate surface area is 201 Å². The van der Waals surface area contributed by atoms with Gasteiger partial charge in [-0.2, -0.15) is 4.98 Å². The number of aromatic nitrogens is 2. The van der Waals surface area contributed by atoms with E-state index in [1.54, 1.807) is 6.07 Å². The summed E-state index contributed by atoms with van der Waals surface area (Å²) < 4.78 is 41.9. The van der Waals surface area contributed by atoms with E-state index in [9.17, 15) is 18.0 Å². The Morgan fingerprint density at radius 2 is 1.66 bits per heavy atom. The minimum Gasteiger partial charge on any atom is -0.405 e. The number of benzene rings is 2. The molecule has 0 saturated heterocycles. The zero-order chi connectivity index (χ0) is 25.0. The van der Waals surface area contributed by atoms with Gasteiger partial charge in [0.2, 0.25) is 11.9 Å². The van der Waals surface area contributed by atoms with Crippen LogP contribution >= 0.6 is 0 Å². The fourth-order valence-corrected chi connectivity index (χ4v) is 4.36. The fraction of sp³-hybridized carbons (Fsp3) is 0.400. The zero-order valence-electron chi connectivity index (χ0n) is 19.6. The van der Waals surface area contributed by atoms with Gasteiger partial charge in [-0.25, -0.2) is 4.98 Å². The average Bonchev–Trinajstić information content (AvgIpc) is 2.80. The van der Waals surface area contributed by atoms with Gasteiger partial charge in [0.25, 0.3) is 0 Å². The number of fused-ring (bicyclic) bond motifs is 1. The standard InChI is InChI=1S/C25H28F3N5O2/c1-33(2)23-19-8-4-5-9-20(19)31-24(32-23)30-18-13-11-17(12-14-18)29-22(34)15-16-7-3-6-10-21(16)35-25(26,27)28/h3-10,17-18H,11-15H2,1-2H3,(H,29,34)(H,30,31,32)/t17-,18+. The van der Waals surface area contributed by atoms with Crippen molar-refractivity contribution in [3.63, 3.8) is 0 Å². The molecule has 0 bridgehead atoms. The molecule has 35 heavy (non-hydrogen) atoms. The van der Waals surface area contributed by atoms with Crippen LogP contribution in [0.4, 0.5) is 24.9 Å². The van der Waals surface area contributed by atoms with Gasteiger partial charge in [0.1, 0.15) is 11.6 Å². The van der Waals surface area contributed by atoms with Crippen LogP contribution in [0.15, 0.2) is 48.5 Å². The summed E-state index contributed by atoms with van der Waals surface area (Å²) in [6.07, 6.45) is -1.86. The molecule has 0 spiro atoms. The molecule has 1 aromatic heterocycles. The maximum Gasteiger partial charge on any atom is 0.573 e. The number of nitrogens with one attached hydrogen (secondary N) is 2. The SMILES string of the molecule is CN(C)c1nc(N[C@H]2CC[C@@H](NC(=O)Cc3ccccc3OC(F)(F)F)CC2)nc2ccccc12. The normalized spacial score (nSPS) is 18.2. The summed E-state index contributed by atoms with van der Waals surface area (Å²) >= 11 is 0. The zero-order valence-corrected chi connectivity index (χ0v) is 19.6. The minimum atomic E-state index is -4.81. The second-order valence-electron chi connectivity index (χ2n) is 8.88. The van der Waals surface area contributed by atoms with Crippen LogP contribution in [-0.4, -0.2) is 48.4 Å². The molecule has 0 radical (unpaired) electrons. The number of amides is 1. The van der Waals surface area contributed by atoms with E-state index in [1.165, 1.54) is 18.2 Å². The lowest BCUT2D eigenvalue weighted by Gasteiger charge is -2.30. The van der Waals surface area contributed by atoms with Crippen molar-refractivity contribution < 1.29 is 22.7 Å². The lowest BCUT2D eigenvalue weighted by atomic mass is 9.91. The molecular weight excluding hydrogens is 459 g/mol. The number of nitrogens with zero attached hydrogens (tertiary/aromatic N) is 3. The number of carbonyl (C=O) groups is 1. The minimum absolute atomic E-state index is 0.0360. The van der Waals surface area contributed by atoms with E-state index in [4.69, 9.17) is 0 Å². The van der Waals surface area contributed by atoms with Crippen LogP contribution in [0.3, 0.4) is 0 Å². The molecule has 10 heteroatoms. The Morgan fingerprint density at radius 1 is 1.00 bits per heavy atom. The molecule has 4 rings (SSSR count). The Morgan fingerprint density at radius 3 is 2.37 bits per heavy atom. The van der Waals surface area contributed by atoms with Crippen molar-refractivity contribution >= 4 is 28.6 Å². The quantitative estimate of drug-likeness (QED) is 0.504. The number of anilines is 2. The Balaban J connectivity index is 1.32. The molecule has 1 fully saturated rings. The number of alkyl halides is 3. The van der Waals surface area contributed by atoms with E-state index in [-0.39, 0.29) is 35.7 Å². The molecule has 1 aliphatic rings. The van der Waals surface area contributed by atoms with Gasteiger partial charge in [-0.1, -0.05) is 30.3 Å². The first-order valence-electron chi connectivity index (χ1n) is 11.5. The number of ether oxygens (including phenoxy) is 1. The van der Waals surface area contributed by atoms with Gasteiger partial charge in [-0.3, -0.25) is 4.79 Å². The predicted octanol–water partition coefficient (Wildman–Crippen LogP) is 4.68. The van der Waals surface area contributed by atoms with Crippen LogP contribution in [0.5, 0.6) is 5.75 Å². The second-order valence-corrected chi connectivity index (χ2v) is 8.88. The van der Waals surface area contributed by atoms with Gasteiger partial charge in [-0.05, 0) is 43.9 Å². The molecule has 0 aliphatic heterocycles. The van der Waals surface area contributed by atoms with Crippen LogP contribution in [0.2, 0.25) is 0 Å². The molecule has 1 amide bonds. The molecule has 2 N–H and O–H groups in total. The largest absolute Gasteiger partial charge is 0.573 e. The second kappa shape index (κ2) is 10.4. The first-order chi connectivity index (χ1) is 16.7. The third-order valence-electron chi connectivity index (χ3n) is 5.98. The van der Waals surface area contributed by atoms with Gasteiger partial charge < -0.3 is 20.3 Å². The summed E-state index contributed by atoms with van der Waals surface area (Å²) in [5.74, 6) is 0.735. The molecule has 7 nitrogen and oxygen atoms in total. The summed E-state index contributed by atoms with van der Waals surface area (Å²) in [5, 5.41) is 7.36. The van der Waals surface area contributed by atoms with Crippen LogP contribution in [0.1, 0.15) is 31.2 Å². The number of halogens is 3. The monoisotopic (exact) mass is 487 g/mol. The summed E-state index contributed by atoms with van der Waals surface area (Å²) in [4.78, 5) is 23.8. The van der Waals surface area contributed by atoms with Crippen LogP contribution in [-0.2, 0) is 11.2 Å². The maximum absolute atomic E-state index is 12.6. The number of para-hydroxylation sites is 2. The highest BCUT2D eigenvalue weighted by molar-refractivity contribution is 5.90. The van der Waals surface area contributed by atoms with E-state index >= 15 is 0 Å². The molecule has 2 aromatic carbocycles. The van der Waals surface area contributed by atoms with E-state index < -0.39 is 6.36 Å². The van der Waals surface area contributed by atoms with Crippen molar-refractivity contribution in [3.8, 4) is 5.75 Å². The summed E-state index contributed by atoms with van der Waals surface area (Å²) in [7, 11) is 3.89. The summed E-state index contributed by atoms with van der Waals surface area (Å²) in [5.41, 5.74) is 1.06. The van der Waals surface area contributed by atoms with Crippen molar-refractivity contribution in [2.45, 2.75) is 50.6 Å². The highest BCUT2D eigenvalue weighted by Gasteiger charge is 2.32. The molecule has 0 atom stereocenters. The van der Waals surface area contributed by atoms with Gasteiger partial charge in [0.05, 0.1) is 11.9 Å². The smallest absolute Gasteiger partial charge is 0.405 e. The summed E-state index contributed by atoms with van der Waals surface area (Å²) in [6, 6.07) is 13.7. The fourth-order valence-electron chi connectivity index (χ4n) is 4.36. The summed E-state index contributed by atoms with van der Waals surface area (Å²) in [6.45, 7) is 0. The van der Waals surface area contributed by atoms with E-state index in [1.807, 2.05) is 43.3 Å². The van der Waals surface area contributed by atoms with Crippen molar-refractivity contribution in [1.82, 2.24) is 15.3 Å². The highest BCUT2D eigenvalue weighted by atomic mass is 19.4. The topological polar surface area (TPSA) is 79.4 Å². The van der Waals surface area contributed by atoms with Crippen molar-refractivity contribution in [2.75, 3.05) is 24.3 Å². The highest BCUT2D eigenvalue weighted by Crippen LogP contribution is 2.28. The lowest BCUT2D eigenvalue weighted by molar-refractivity contribution is -0.274. The van der Waals surface area contributed by atoms with Gasteiger partial charge in [0, 0.05) is 37.1 Å². The van der Waals surface area contributed by atoms with Gasteiger partial charge >= 0.3 is 6.36 Å². The number of hydrogen-bond donors (Lipinski definition) is 2. The molecular formula is C25H28F3N5O2. The van der Waals surface area contributed by atoms with Gasteiger partial charge in [-0.15, -0.1) is 13.2 Å². The molecule has 186 valence electrons. The third kappa shape index (κ3) is 6.52. The number of carbonyl (C=O) groups excluding carboxylic acids is 1. The van der Waals surface area contributed by atoms with Crippen LogP contribution < -0.4 is 20.3 Å². The molecule has 0 unspecified atom stereocenters. The average molecular weight is 488 g/mol. The predicted molar refractivity (Wildman–Crippen MR) is 129 cm³/mol. The maximum atomic E-state index is 12.6. The lowest BCUT2D eigenvalue weighted by Crippen LogP contribution is -2.41. The Bertz CT molecular complexity index is 1180. The molecule has 1 saturated carbocycles. The van der Waals surface area contributed by atoms with Crippen molar-refractivity contribution in [3.05, 3.63) is 54.1 Å². The van der Waals surface area contributed by atoms with Crippen molar-refractivity contribution in [2.24, 2.45) is 0 Å². The van der Waals surface area contributed by atoms with E-state index in [0.717, 1.165) is 42.4 Å². The van der Waals surface area contributed by atoms with Crippen LogP contribution in [0, 0.1) is 0 Å². The first-order valence-corrected chi connectivity index (χ1v) is 11.5. The Hall–Kier alpha value is -3.56. The number of hydrogen-bond acceptors (Lipinski definition) is 6. The molecule has 1 heterocycles. The van der Waals surface area contributed by atoms with E-state index in [2.05, 4.69) is 25.3 Å². The number of rotatable bonds is 7. The first kappa shape index (κ1) is 24.6. The van der Waals surface area contributed by atoms with Gasteiger partial charge in [0.15, 0.2) is 0 Å².